The lowest BCUT2D eigenvalue weighted by Crippen LogP contribution is -2.28. The first kappa shape index (κ1) is 17.2. The minimum Gasteiger partial charge on any atom is -0.374 e. The number of carbonyl (C=O) groups excluding carboxylic acids is 3. The molecule has 138 valence electrons. The summed E-state index contributed by atoms with van der Waals surface area (Å²) in [4.78, 5) is 39.3. The predicted octanol–water partition coefficient (Wildman–Crippen LogP) is 2.80. The Bertz CT molecular complexity index is 766. The molecule has 1 saturated carbocycles. The zero-order valence-electron chi connectivity index (χ0n) is 15.0. The van der Waals surface area contributed by atoms with Gasteiger partial charge in [0.05, 0.1) is 16.8 Å². The molecule has 1 aliphatic heterocycles. The number of allylic oxidation sites excluding steroid dienone is 2. The second-order valence-electron chi connectivity index (χ2n) is 7.42. The van der Waals surface area contributed by atoms with Gasteiger partial charge in [-0.05, 0) is 38.5 Å². The molecule has 6 nitrogen and oxygen atoms in total. The predicted molar refractivity (Wildman–Crippen MR) is 93.8 cm³/mol. The van der Waals surface area contributed by atoms with Crippen molar-refractivity contribution in [3.8, 4) is 0 Å². The molecule has 0 unspecified atom stereocenters. The van der Waals surface area contributed by atoms with E-state index in [-0.39, 0.29) is 17.3 Å². The number of hydrogen-bond donors (Lipinski definition) is 0. The van der Waals surface area contributed by atoms with Gasteiger partial charge >= 0.3 is 0 Å². The molecule has 1 aromatic rings. The van der Waals surface area contributed by atoms with Crippen LogP contribution in [0.4, 0.5) is 0 Å². The number of aryl methyl sites for hydroxylation is 2. The number of rotatable bonds is 4. The van der Waals surface area contributed by atoms with Crippen molar-refractivity contribution in [3.63, 3.8) is 0 Å². The lowest BCUT2D eigenvalue weighted by Gasteiger charge is -2.26. The molecule has 0 atom stereocenters. The van der Waals surface area contributed by atoms with Gasteiger partial charge in [-0.2, -0.15) is 0 Å². The number of fused-ring (bicyclic) bond motifs is 1. The highest BCUT2D eigenvalue weighted by atomic mass is 16.5. The molecule has 0 N–H and O–H groups in total. The first-order valence-electron chi connectivity index (χ1n) is 9.70. The molecule has 0 spiro atoms. The summed E-state index contributed by atoms with van der Waals surface area (Å²) in [6, 6.07) is 0. The Balaban J connectivity index is 1.62. The maximum absolute atomic E-state index is 12.5. The van der Waals surface area contributed by atoms with Gasteiger partial charge in [-0.15, -0.1) is 0 Å². The zero-order valence-corrected chi connectivity index (χ0v) is 15.0. The molecule has 0 radical (unpaired) electrons. The van der Waals surface area contributed by atoms with Gasteiger partial charge in [0.2, 0.25) is 0 Å². The van der Waals surface area contributed by atoms with E-state index in [9.17, 15) is 14.4 Å². The summed E-state index contributed by atoms with van der Waals surface area (Å²) < 4.78 is 5.37. The molecular formula is C20H24N2O4. The average molecular weight is 356 g/mol. The van der Waals surface area contributed by atoms with Gasteiger partial charge in [-0.1, -0.05) is 5.16 Å². The Kier molecular flexibility index (Phi) is 4.74. The molecule has 26 heavy (non-hydrogen) atoms. The van der Waals surface area contributed by atoms with Crippen molar-refractivity contribution < 1.29 is 18.9 Å². The molecule has 2 aliphatic carbocycles. The largest absolute Gasteiger partial charge is 0.374 e. The molecule has 0 amide bonds. The maximum Gasteiger partial charge on any atom is 0.168 e. The summed E-state index contributed by atoms with van der Waals surface area (Å²) in [6.45, 7) is 1.77. The van der Waals surface area contributed by atoms with Crippen LogP contribution < -0.4 is 0 Å². The molecule has 6 heteroatoms. The van der Waals surface area contributed by atoms with E-state index in [2.05, 4.69) is 10.1 Å². The van der Waals surface area contributed by atoms with Crippen molar-refractivity contribution in [1.29, 1.82) is 0 Å². The van der Waals surface area contributed by atoms with Crippen LogP contribution in [0.5, 0.6) is 0 Å². The van der Waals surface area contributed by atoms with E-state index in [0.29, 0.717) is 61.1 Å². The van der Waals surface area contributed by atoms with E-state index in [1.54, 1.807) is 0 Å². The topological polar surface area (TPSA) is 80.5 Å². The first-order valence-corrected chi connectivity index (χ1v) is 9.70. The van der Waals surface area contributed by atoms with Crippen LogP contribution in [0.15, 0.2) is 15.8 Å². The fraction of sp³-hybridized carbons (Fsp3) is 0.600. The molecule has 0 bridgehead atoms. The molecule has 1 aromatic heterocycles. The van der Waals surface area contributed by atoms with Crippen molar-refractivity contribution in [2.75, 3.05) is 13.1 Å². The van der Waals surface area contributed by atoms with Gasteiger partial charge < -0.3 is 9.42 Å². The maximum atomic E-state index is 12.5. The highest BCUT2D eigenvalue weighted by Crippen LogP contribution is 2.30. The van der Waals surface area contributed by atoms with Crippen LogP contribution in [-0.4, -0.2) is 40.5 Å². The number of carbonyl (C=O) groups is 3. The molecule has 2 fully saturated rings. The van der Waals surface area contributed by atoms with Crippen molar-refractivity contribution in [2.45, 2.75) is 64.2 Å². The van der Waals surface area contributed by atoms with E-state index >= 15 is 0 Å². The molecular weight excluding hydrogens is 332 g/mol. The fourth-order valence-electron chi connectivity index (χ4n) is 4.36. The van der Waals surface area contributed by atoms with Gasteiger partial charge in [0.15, 0.2) is 17.3 Å². The van der Waals surface area contributed by atoms with E-state index in [4.69, 9.17) is 4.52 Å². The SMILES string of the molecule is O=C1CCCC(=O)C1=C(CCc1noc2c1C(=O)CCC2)N1CCCC1. The van der Waals surface area contributed by atoms with E-state index < -0.39 is 0 Å². The summed E-state index contributed by atoms with van der Waals surface area (Å²) in [5.74, 6) is 0.738. The first-order chi connectivity index (χ1) is 12.6. The van der Waals surface area contributed by atoms with Gasteiger partial charge in [0.25, 0.3) is 0 Å². The number of likely N-dealkylation sites (tertiary alicyclic amines) is 1. The zero-order chi connectivity index (χ0) is 18.1. The third kappa shape index (κ3) is 3.13. The Hall–Kier alpha value is -2.24. The summed E-state index contributed by atoms with van der Waals surface area (Å²) >= 11 is 0. The monoisotopic (exact) mass is 356 g/mol. The number of hydrogen-bond acceptors (Lipinski definition) is 6. The standard InChI is InChI=1S/C20H24N2O4/c23-15-7-4-8-18-19(15)13(21-26-18)9-10-14(22-11-1-2-12-22)20-16(24)5-3-6-17(20)25/h1-12H2. The Morgan fingerprint density at radius 3 is 2.27 bits per heavy atom. The van der Waals surface area contributed by atoms with Crippen LogP contribution >= 0.6 is 0 Å². The number of aromatic nitrogens is 1. The Morgan fingerprint density at radius 1 is 0.885 bits per heavy atom. The molecule has 2 heterocycles. The molecule has 0 aromatic carbocycles. The number of Topliss-reactive ketones (excluding diaryl/α,β-unsaturated/α-hetero) is 3. The highest BCUT2D eigenvalue weighted by molar-refractivity contribution is 6.22. The van der Waals surface area contributed by atoms with Gasteiger partial charge in [-0.25, -0.2) is 0 Å². The van der Waals surface area contributed by atoms with Crippen LogP contribution in [0.3, 0.4) is 0 Å². The molecule has 1 saturated heterocycles. The minimum atomic E-state index is -0.0265. The van der Waals surface area contributed by atoms with Crippen LogP contribution in [0.25, 0.3) is 0 Å². The number of ketones is 3. The lowest BCUT2D eigenvalue weighted by atomic mass is 9.88. The highest BCUT2D eigenvalue weighted by Gasteiger charge is 2.31. The van der Waals surface area contributed by atoms with Crippen LogP contribution in [0.2, 0.25) is 0 Å². The van der Waals surface area contributed by atoms with E-state index in [1.165, 1.54) is 0 Å². The van der Waals surface area contributed by atoms with Crippen LogP contribution in [0, 0.1) is 0 Å². The van der Waals surface area contributed by atoms with Gasteiger partial charge in [0.1, 0.15) is 5.76 Å². The summed E-state index contributed by atoms with van der Waals surface area (Å²) in [5.41, 5.74) is 2.58. The second kappa shape index (κ2) is 7.17. The normalized spacial score (nSPS) is 20.7. The van der Waals surface area contributed by atoms with Gasteiger partial charge in [0, 0.05) is 44.5 Å². The molecule has 3 aliphatic rings. The van der Waals surface area contributed by atoms with Crippen molar-refractivity contribution >= 4 is 17.3 Å². The average Bonchev–Trinajstić information content (AvgIpc) is 3.28. The van der Waals surface area contributed by atoms with Crippen molar-refractivity contribution in [1.82, 2.24) is 10.1 Å². The Labute approximate surface area is 152 Å². The Morgan fingerprint density at radius 2 is 1.54 bits per heavy atom. The summed E-state index contributed by atoms with van der Waals surface area (Å²) in [5, 5.41) is 4.12. The van der Waals surface area contributed by atoms with E-state index in [1.807, 2.05) is 0 Å². The minimum absolute atomic E-state index is 0.0265. The van der Waals surface area contributed by atoms with Gasteiger partial charge in [-0.3, -0.25) is 14.4 Å². The third-order valence-electron chi connectivity index (χ3n) is 5.66. The molecule has 4 rings (SSSR count). The van der Waals surface area contributed by atoms with Crippen LogP contribution in [0.1, 0.15) is 73.2 Å². The second-order valence-corrected chi connectivity index (χ2v) is 7.42. The lowest BCUT2D eigenvalue weighted by molar-refractivity contribution is -0.124. The summed E-state index contributed by atoms with van der Waals surface area (Å²) in [6.07, 6.45) is 6.91. The van der Waals surface area contributed by atoms with Crippen molar-refractivity contribution in [2.24, 2.45) is 0 Å². The van der Waals surface area contributed by atoms with Crippen molar-refractivity contribution in [3.05, 3.63) is 28.3 Å². The van der Waals surface area contributed by atoms with E-state index in [0.717, 1.165) is 44.5 Å². The fourth-order valence-corrected chi connectivity index (χ4v) is 4.36. The third-order valence-corrected chi connectivity index (χ3v) is 5.66. The smallest absolute Gasteiger partial charge is 0.168 e. The summed E-state index contributed by atoms with van der Waals surface area (Å²) in [7, 11) is 0. The van der Waals surface area contributed by atoms with Crippen LogP contribution in [-0.2, 0) is 22.4 Å². The number of nitrogens with zero attached hydrogens (tertiary/aromatic N) is 2. The quantitative estimate of drug-likeness (QED) is 0.610.